The van der Waals surface area contributed by atoms with Crippen LogP contribution in [0.5, 0.6) is 5.75 Å². The molecule has 0 fully saturated rings. The van der Waals surface area contributed by atoms with Gasteiger partial charge in [-0.15, -0.1) is 0 Å². The van der Waals surface area contributed by atoms with E-state index in [0.717, 1.165) is 11.3 Å². The van der Waals surface area contributed by atoms with Gasteiger partial charge in [-0.25, -0.2) is 0 Å². The first-order valence-electron chi connectivity index (χ1n) is 7.48. The molecule has 2 rings (SSSR count). The van der Waals surface area contributed by atoms with Crippen molar-refractivity contribution in [2.45, 2.75) is 13.0 Å². The van der Waals surface area contributed by atoms with Gasteiger partial charge in [-0.2, -0.15) is 0 Å². The second kappa shape index (κ2) is 8.58. The van der Waals surface area contributed by atoms with Crippen molar-refractivity contribution in [3.8, 4) is 5.75 Å². The van der Waals surface area contributed by atoms with Crippen molar-refractivity contribution < 1.29 is 14.3 Å². The fourth-order valence-electron chi connectivity index (χ4n) is 2.02. The normalized spacial score (nSPS) is 11.3. The third-order valence-corrected chi connectivity index (χ3v) is 3.25. The first-order chi connectivity index (χ1) is 11.2. The Morgan fingerprint density at radius 1 is 0.957 bits per heavy atom. The van der Waals surface area contributed by atoms with Gasteiger partial charge in [-0.1, -0.05) is 48.5 Å². The van der Waals surface area contributed by atoms with E-state index in [-0.39, 0.29) is 12.6 Å². The summed E-state index contributed by atoms with van der Waals surface area (Å²) in [4.78, 5) is 23.6. The lowest BCUT2D eigenvalue weighted by molar-refractivity contribution is -0.139. The molecule has 0 aliphatic rings. The number of nitrogens with one attached hydrogen (secondary N) is 2. The number of carbonyl (C=O) groups is 2. The summed E-state index contributed by atoms with van der Waals surface area (Å²) in [6.45, 7) is 2.40. The van der Waals surface area contributed by atoms with Crippen LogP contribution in [-0.4, -0.2) is 25.0 Å². The van der Waals surface area contributed by atoms with Gasteiger partial charge in [-0.05, 0) is 24.6 Å². The van der Waals surface area contributed by atoms with Crippen LogP contribution in [0.15, 0.2) is 60.7 Å². The Labute approximate surface area is 135 Å². The van der Waals surface area contributed by atoms with E-state index in [1.165, 1.54) is 0 Å². The highest BCUT2D eigenvalue weighted by Crippen LogP contribution is 2.10. The molecule has 5 nitrogen and oxygen atoms in total. The summed E-state index contributed by atoms with van der Waals surface area (Å²) in [7, 11) is 0. The van der Waals surface area contributed by atoms with Crippen molar-refractivity contribution in [1.82, 2.24) is 10.6 Å². The topological polar surface area (TPSA) is 67.4 Å². The lowest BCUT2D eigenvalue weighted by Gasteiger charge is -2.14. The maximum atomic E-state index is 11.8. The molecule has 5 heteroatoms. The number of ether oxygens (including phenoxy) is 1. The summed E-state index contributed by atoms with van der Waals surface area (Å²) in [5.74, 6) is -0.589. The summed E-state index contributed by atoms with van der Waals surface area (Å²) < 4.78 is 5.44. The van der Waals surface area contributed by atoms with Gasteiger partial charge in [-0.3, -0.25) is 9.59 Å². The maximum absolute atomic E-state index is 11.8. The lowest BCUT2D eigenvalue weighted by Crippen LogP contribution is -2.42. The quantitative estimate of drug-likeness (QED) is 0.634. The largest absolute Gasteiger partial charge is 0.492 e. The third kappa shape index (κ3) is 5.47. The van der Waals surface area contributed by atoms with E-state index in [4.69, 9.17) is 4.74 Å². The van der Waals surface area contributed by atoms with Gasteiger partial charge >= 0.3 is 11.8 Å². The SMILES string of the molecule is C[C@@H](NC(=O)C(=O)NCCOc1ccccc1)c1ccccc1. The fourth-order valence-corrected chi connectivity index (χ4v) is 2.02. The van der Waals surface area contributed by atoms with E-state index < -0.39 is 11.8 Å². The molecule has 0 spiro atoms. The molecule has 0 bridgehead atoms. The molecule has 0 aliphatic heterocycles. The predicted octanol–water partition coefficient (Wildman–Crippen LogP) is 2.06. The summed E-state index contributed by atoms with van der Waals surface area (Å²) in [6, 6.07) is 18.5. The Hall–Kier alpha value is -2.82. The van der Waals surface area contributed by atoms with Crippen molar-refractivity contribution in [1.29, 1.82) is 0 Å². The smallest absolute Gasteiger partial charge is 0.309 e. The minimum atomic E-state index is -0.663. The minimum absolute atomic E-state index is 0.227. The Bertz CT molecular complexity index is 629. The molecule has 2 N–H and O–H groups in total. The van der Waals surface area contributed by atoms with E-state index in [2.05, 4.69) is 10.6 Å². The zero-order valence-electron chi connectivity index (χ0n) is 13.0. The van der Waals surface area contributed by atoms with Gasteiger partial charge in [0.25, 0.3) is 0 Å². The number of hydrogen-bond donors (Lipinski definition) is 2. The van der Waals surface area contributed by atoms with Crippen LogP contribution in [0.3, 0.4) is 0 Å². The molecule has 2 amide bonds. The number of carbonyl (C=O) groups excluding carboxylic acids is 2. The Balaban J connectivity index is 1.70. The number of amides is 2. The average molecular weight is 312 g/mol. The number of hydrogen-bond acceptors (Lipinski definition) is 3. The van der Waals surface area contributed by atoms with Crippen molar-refractivity contribution >= 4 is 11.8 Å². The van der Waals surface area contributed by atoms with Crippen molar-refractivity contribution in [3.63, 3.8) is 0 Å². The molecule has 2 aromatic rings. The van der Waals surface area contributed by atoms with Crippen LogP contribution in [0.2, 0.25) is 0 Å². The van der Waals surface area contributed by atoms with Gasteiger partial charge in [0.15, 0.2) is 0 Å². The number of rotatable bonds is 6. The van der Waals surface area contributed by atoms with E-state index in [1.807, 2.05) is 67.6 Å². The Kier molecular flexibility index (Phi) is 6.17. The van der Waals surface area contributed by atoms with Gasteiger partial charge in [0.1, 0.15) is 12.4 Å². The predicted molar refractivity (Wildman–Crippen MR) is 87.9 cm³/mol. The number of benzene rings is 2. The molecule has 0 saturated heterocycles. The van der Waals surface area contributed by atoms with Crippen LogP contribution in [0.25, 0.3) is 0 Å². The first kappa shape index (κ1) is 16.5. The summed E-state index contributed by atoms with van der Waals surface area (Å²) in [6.07, 6.45) is 0. The first-order valence-corrected chi connectivity index (χ1v) is 7.48. The Morgan fingerprint density at radius 2 is 1.57 bits per heavy atom. The number of para-hydroxylation sites is 1. The summed E-state index contributed by atoms with van der Waals surface area (Å²) in [5, 5.41) is 5.20. The maximum Gasteiger partial charge on any atom is 0.309 e. The monoisotopic (exact) mass is 312 g/mol. The van der Waals surface area contributed by atoms with Gasteiger partial charge in [0.2, 0.25) is 0 Å². The molecule has 23 heavy (non-hydrogen) atoms. The van der Waals surface area contributed by atoms with Crippen molar-refractivity contribution in [2.75, 3.05) is 13.2 Å². The van der Waals surface area contributed by atoms with Crippen LogP contribution in [0.4, 0.5) is 0 Å². The minimum Gasteiger partial charge on any atom is -0.492 e. The fraction of sp³-hybridized carbons (Fsp3) is 0.222. The van der Waals surface area contributed by atoms with E-state index >= 15 is 0 Å². The van der Waals surface area contributed by atoms with Gasteiger partial charge in [0.05, 0.1) is 12.6 Å². The second-order valence-corrected chi connectivity index (χ2v) is 5.02. The molecule has 0 heterocycles. The van der Waals surface area contributed by atoms with Crippen molar-refractivity contribution in [3.05, 3.63) is 66.2 Å². The van der Waals surface area contributed by atoms with Crippen LogP contribution in [-0.2, 0) is 9.59 Å². The Morgan fingerprint density at radius 3 is 2.22 bits per heavy atom. The molecular formula is C18H20N2O3. The van der Waals surface area contributed by atoms with Crippen LogP contribution in [0, 0.1) is 0 Å². The van der Waals surface area contributed by atoms with E-state index in [9.17, 15) is 9.59 Å². The molecule has 0 unspecified atom stereocenters. The molecule has 0 aromatic heterocycles. The second-order valence-electron chi connectivity index (χ2n) is 5.02. The standard InChI is InChI=1S/C18H20N2O3/c1-14(15-8-4-2-5-9-15)20-18(22)17(21)19-12-13-23-16-10-6-3-7-11-16/h2-11,14H,12-13H2,1H3,(H,19,21)(H,20,22)/t14-/m1/s1. The van der Waals surface area contributed by atoms with E-state index in [1.54, 1.807) is 0 Å². The van der Waals surface area contributed by atoms with Crippen LogP contribution >= 0.6 is 0 Å². The molecule has 2 aromatic carbocycles. The molecule has 120 valence electrons. The molecule has 0 radical (unpaired) electrons. The van der Waals surface area contributed by atoms with Crippen molar-refractivity contribution in [2.24, 2.45) is 0 Å². The van der Waals surface area contributed by atoms with E-state index in [0.29, 0.717) is 6.61 Å². The molecular weight excluding hydrogens is 292 g/mol. The lowest BCUT2D eigenvalue weighted by atomic mass is 10.1. The summed E-state index contributed by atoms with van der Waals surface area (Å²) in [5.41, 5.74) is 0.945. The zero-order valence-corrected chi connectivity index (χ0v) is 13.0. The highest BCUT2D eigenvalue weighted by Gasteiger charge is 2.16. The molecule has 1 atom stereocenters. The zero-order chi connectivity index (χ0) is 16.5. The van der Waals surface area contributed by atoms with Crippen LogP contribution in [0.1, 0.15) is 18.5 Å². The van der Waals surface area contributed by atoms with Gasteiger partial charge < -0.3 is 15.4 Å². The molecule has 0 saturated carbocycles. The van der Waals surface area contributed by atoms with Crippen LogP contribution < -0.4 is 15.4 Å². The average Bonchev–Trinajstić information content (AvgIpc) is 2.60. The summed E-state index contributed by atoms with van der Waals surface area (Å²) >= 11 is 0. The third-order valence-electron chi connectivity index (χ3n) is 3.25. The highest BCUT2D eigenvalue weighted by atomic mass is 16.5. The molecule has 0 aliphatic carbocycles. The highest BCUT2D eigenvalue weighted by molar-refractivity contribution is 6.35. The van der Waals surface area contributed by atoms with Gasteiger partial charge in [0, 0.05) is 0 Å².